The highest BCUT2D eigenvalue weighted by atomic mass is 16.6. The highest BCUT2D eigenvalue weighted by molar-refractivity contribution is 5.84. The summed E-state index contributed by atoms with van der Waals surface area (Å²) in [4.78, 5) is 33.3. The van der Waals surface area contributed by atoms with Crippen molar-refractivity contribution in [2.45, 2.75) is 129 Å². The van der Waals surface area contributed by atoms with Crippen LogP contribution in [0.5, 0.6) is 0 Å². The highest BCUT2D eigenvalue weighted by Crippen LogP contribution is 2.13. The first kappa shape index (κ1) is 27.6. The van der Waals surface area contributed by atoms with Gasteiger partial charge in [-0.05, 0) is 12.8 Å². The van der Waals surface area contributed by atoms with E-state index in [1.807, 2.05) is 0 Å². The molecule has 0 aromatic carbocycles. The van der Waals surface area contributed by atoms with Gasteiger partial charge in [-0.15, -0.1) is 0 Å². The van der Waals surface area contributed by atoms with Gasteiger partial charge in [0.15, 0.2) is 0 Å². The van der Waals surface area contributed by atoms with E-state index in [0.29, 0.717) is 12.8 Å². The number of ether oxygens (including phenoxy) is 2. The fourth-order valence-corrected chi connectivity index (χ4v) is 3.33. The molecule has 0 amide bonds. The van der Waals surface area contributed by atoms with Crippen LogP contribution in [-0.4, -0.2) is 24.5 Å². The van der Waals surface area contributed by atoms with Gasteiger partial charge in [0.2, 0.25) is 0 Å². The molecule has 0 fully saturated rings. The van der Waals surface area contributed by atoms with Gasteiger partial charge < -0.3 is 9.47 Å². The number of unbranched alkanes of at least 4 members (excludes halogenated alkanes) is 14. The van der Waals surface area contributed by atoms with Crippen molar-refractivity contribution in [1.82, 2.24) is 0 Å². The molecule has 0 heterocycles. The van der Waals surface area contributed by atoms with E-state index in [9.17, 15) is 14.4 Å². The predicted molar refractivity (Wildman–Crippen MR) is 117 cm³/mol. The summed E-state index contributed by atoms with van der Waals surface area (Å²) in [5, 5.41) is 0. The molecular weight excluding hydrogens is 368 g/mol. The van der Waals surface area contributed by atoms with Crippen molar-refractivity contribution in [3.63, 3.8) is 0 Å². The van der Waals surface area contributed by atoms with Crippen molar-refractivity contribution in [3.05, 3.63) is 0 Å². The molecule has 0 atom stereocenters. The molecule has 0 spiro atoms. The molecule has 0 aromatic rings. The third-order valence-electron chi connectivity index (χ3n) is 5.03. The fourth-order valence-electron chi connectivity index (χ4n) is 3.33. The first-order valence-electron chi connectivity index (χ1n) is 11.9. The molecule has 5 nitrogen and oxygen atoms in total. The minimum Gasteiger partial charge on any atom is -0.466 e. The molecule has 29 heavy (non-hydrogen) atoms. The molecule has 0 aliphatic heterocycles. The quantitative estimate of drug-likeness (QED) is 0.127. The van der Waals surface area contributed by atoms with Crippen molar-refractivity contribution in [3.8, 4) is 0 Å². The van der Waals surface area contributed by atoms with Crippen LogP contribution >= 0.6 is 0 Å². The SMILES string of the molecule is CCCCCCCCCCCCCCCCCC(=O)OCCCC(=O)OC(C)=O. The monoisotopic (exact) mass is 412 g/mol. The summed E-state index contributed by atoms with van der Waals surface area (Å²) in [6.07, 6.45) is 20.4. The summed E-state index contributed by atoms with van der Waals surface area (Å²) in [7, 11) is 0. The fraction of sp³-hybridized carbons (Fsp3) is 0.875. The van der Waals surface area contributed by atoms with Crippen LogP contribution in [0.2, 0.25) is 0 Å². The second-order valence-electron chi connectivity index (χ2n) is 7.99. The third-order valence-corrected chi connectivity index (χ3v) is 5.03. The van der Waals surface area contributed by atoms with E-state index in [1.165, 1.54) is 90.4 Å². The van der Waals surface area contributed by atoms with E-state index < -0.39 is 11.9 Å². The highest BCUT2D eigenvalue weighted by Gasteiger charge is 2.07. The van der Waals surface area contributed by atoms with E-state index in [-0.39, 0.29) is 19.0 Å². The van der Waals surface area contributed by atoms with Crippen LogP contribution in [-0.2, 0) is 23.9 Å². The second kappa shape index (κ2) is 21.3. The molecule has 0 aromatic heterocycles. The smallest absolute Gasteiger partial charge is 0.313 e. The molecule has 0 saturated carbocycles. The number of esters is 3. The molecule has 0 saturated heterocycles. The van der Waals surface area contributed by atoms with Gasteiger partial charge in [-0.2, -0.15) is 0 Å². The van der Waals surface area contributed by atoms with Crippen molar-refractivity contribution in [2.75, 3.05) is 6.61 Å². The Balaban J connectivity index is 3.23. The molecule has 0 aliphatic carbocycles. The van der Waals surface area contributed by atoms with Crippen molar-refractivity contribution in [1.29, 1.82) is 0 Å². The molecule has 0 bridgehead atoms. The van der Waals surface area contributed by atoms with E-state index in [1.54, 1.807) is 0 Å². The first-order chi connectivity index (χ1) is 14.1. The molecule has 0 radical (unpaired) electrons. The maximum Gasteiger partial charge on any atom is 0.313 e. The Bertz CT molecular complexity index is 419. The number of carbonyl (C=O) groups is 3. The van der Waals surface area contributed by atoms with Crippen molar-refractivity contribution >= 4 is 17.9 Å². The molecule has 0 aliphatic rings. The van der Waals surface area contributed by atoms with Gasteiger partial charge in [0, 0.05) is 19.8 Å². The Labute approximate surface area is 178 Å². The zero-order valence-corrected chi connectivity index (χ0v) is 19.0. The van der Waals surface area contributed by atoms with Gasteiger partial charge >= 0.3 is 17.9 Å². The minimum absolute atomic E-state index is 0.0891. The van der Waals surface area contributed by atoms with Crippen LogP contribution in [0.4, 0.5) is 0 Å². The van der Waals surface area contributed by atoms with E-state index in [0.717, 1.165) is 12.8 Å². The average Bonchev–Trinajstić information content (AvgIpc) is 2.67. The molecule has 5 heteroatoms. The lowest BCUT2D eigenvalue weighted by Crippen LogP contribution is -2.11. The summed E-state index contributed by atoms with van der Waals surface area (Å²) in [5.74, 6) is -1.39. The lowest BCUT2D eigenvalue weighted by atomic mass is 10.0. The van der Waals surface area contributed by atoms with Gasteiger partial charge in [-0.3, -0.25) is 14.4 Å². The summed E-state index contributed by atoms with van der Waals surface area (Å²) >= 11 is 0. The van der Waals surface area contributed by atoms with Crippen LogP contribution in [0.3, 0.4) is 0 Å². The average molecular weight is 413 g/mol. The van der Waals surface area contributed by atoms with Crippen molar-refractivity contribution in [2.24, 2.45) is 0 Å². The van der Waals surface area contributed by atoms with E-state index in [2.05, 4.69) is 11.7 Å². The molecule has 0 N–H and O–H groups in total. The Hall–Kier alpha value is -1.39. The predicted octanol–water partition coefficient (Wildman–Crippen LogP) is 6.66. The van der Waals surface area contributed by atoms with E-state index in [4.69, 9.17) is 4.74 Å². The number of carbonyl (C=O) groups excluding carboxylic acids is 3. The molecule has 0 rings (SSSR count). The Morgan fingerprint density at radius 2 is 0.966 bits per heavy atom. The number of hydrogen-bond acceptors (Lipinski definition) is 5. The lowest BCUT2D eigenvalue weighted by molar-refractivity contribution is -0.159. The minimum atomic E-state index is -0.611. The Kier molecular flexibility index (Phi) is 20.3. The summed E-state index contributed by atoms with van der Waals surface area (Å²) in [5.41, 5.74) is 0. The third kappa shape index (κ3) is 22.8. The zero-order chi connectivity index (χ0) is 21.6. The van der Waals surface area contributed by atoms with E-state index >= 15 is 0 Å². The summed E-state index contributed by atoms with van der Waals surface area (Å²) in [6.45, 7) is 3.65. The summed E-state index contributed by atoms with van der Waals surface area (Å²) in [6, 6.07) is 0. The maximum absolute atomic E-state index is 11.6. The second-order valence-corrected chi connectivity index (χ2v) is 7.99. The van der Waals surface area contributed by atoms with Gasteiger partial charge in [-0.25, -0.2) is 0 Å². The van der Waals surface area contributed by atoms with Crippen LogP contribution in [0.25, 0.3) is 0 Å². The molecule has 0 unspecified atom stereocenters. The van der Waals surface area contributed by atoms with Gasteiger partial charge in [0.05, 0.1) is 6.61 Å². The normalized spacial score (nSPS) is 10.7. The van der Waals surface area contributed by atoms with Crippen LogP contribution in [0.1, 0.15) is 129 Å². The molecular formula is C24H44O5. The van der Waals surface area contributed by atoms with Gasteiger partial charge in [-0.1, -0.05) is 96.8 Å². The number of hydrogen-bond donors (Lipinski definition) is 0. The Morgan fingerprint density at radius 1 is 0.552 bits per heavy atom. The standard InChI is InChI=1S/C24H44O5/c1-3-4-5-6-7-8-9-10-11-12-13-14-15-16-17-19-23(26)28-21-18-20-24(27)29-22(2)25/h3-21H2,1-2H3. The van der Waals surface area contributed by atoms with Gasteiger partial charge in [0.1, 0.15) is 0 Å². The maximum atomic E-state index is 11.6. The van der Waals surface area contributed by atoms with Gasteiger partial charge in [0.25, 0.3) is 0 Å². The number of rotatable bonds is 20. The Morgan fingerprint density at radius 3 is 1.41 bits per heavy atom. The van der Waals surface area contributed by atoms with Crippen LogP contribution < -0.4 is 0 Å². The summed E-state index contributed by atoms with van der Waals surface area (Å²) < 4.78 is 9.48. The van der Waals surface area contributed by atoms with Crippen LogP contribution in [0, 0.1) is 0 Å². The van der Waals surface area contributed by atoms with Crippen LogP contribution in [0.15, 0.2) is 0 Å². The lowest BCUT2D eigenvalue weighted by Gasteiger charge is -2.05. The largest absolute Gasteiger partial charge is 0.466 e. The molecule has 170 valence electrons. The first-order valence-corrected chi connectivity index (χ1v) is 11.9. The van der Waals surface area contributed by atoms with Crippen molar-refractivity contribution < 1.29 is 23.9 Å². The topological polar surface area (TPSA) is 69.7 Å². The zero-order valence-electron chi connectivity index (χ0n) is 19.0.